The summed E-state index contributed by atoms with van der Waals surface area (Å²) in [5, 5.41) is 15.0. The third kappa shape index (κ3) is 4.72. The van der Waals surface area contributed by atoms with E-state index in [2.05, 4.69) is 64.8 Å². The summed E-state index contributed by atoms with van der Waals surface area (Å²) in [4.78, 5) is 3.87. The molecule has 0 aromatic rings. The molecule has 0 spiro atoms. The van der Waals surface area contributed by atoms with E-state index in [1.807, 2.05) is 0 Å². The molecule has 0 bridgehead atoms. The number of nitrogens with one attached hydrogen (secondary N) is 1. The second kappa shape index (κ2) is 10.8. The Hall–Kier alpha value is -0.450. The lowest BCUT2D eigenvalue weighted by Crippen LogP contribution is -2.65. The first kappa shape index (κ1) is 31.5. The van der Waals surface area contributed by atoms with Gasteiger partial charge < -0.3 is 15.3 Å². The van der Waals surface area contributed by atoms with Gasteiger partial charge in [0, 0.05) is 12.0 Å². The van der Waals surface area contributed by atoms with Crippen molar-refractivity contribution >= 4 is 17.2 Å². The molecule has 0 amide bonds. The van der Waals surface area contributed by atoms with Crippen molar-refractivity contribution in [3.63, 3.8) is 0 Å². The molecule has 238 valence electrons. The Morgan fingerprint density at radius 3 is 2.36 bits per heavy atom. The van der Waals surface area contributed by atoms with Crippen molar-refractivity contribution in [1.82, 2.24) is 10.2 Å². The number of piperidine rings is 1. The van der Waals surface area contributed by atoms with E-state index in [9.17, 15) is 5.11 Å². The first-order valence-electron chi connectivity index (χ1n) is 18.1. The van der Waals surface area contributed by atoms with Gasteiger partial charge in [-0.2, -0.15) is 0 Å². The lowest BCUT2D eigenvalue weighted by molar-refractivity contribution is -0.201. The highest BCUT2D eigenvalue weighted by Crippen LogP contribution is 2.75. The third-order valence-corrected chi connectivity index (χ3v) is 16.0. The van der Waals surface area contributed by atoms with Crippen molar-refractivity contribution in [1.29, 1.82) is 0 Å². The van der Waals surface area contributed by atoms with Crippen LogP contribution in [0.3, 0.4) is 0 Å². The van der Waals surface area contributed by atoms with Crippen LogP contribution in [-0.4, -0.2) is 47.3 Å². The fourth-order valence-corrected chi connectivity index (χ4v) is 13.0. The van der Waals surface area contributed by atoms with Gasteiger partial charge in [0.05, 0.1) is 11.1 Å². The summed E-state index contributed by atoms with van der Waals surface area (Å²) < 4.78 is 0. The molecule has 0 aromatic carbocycles. The molecule has 6 aliphatic rings. The number of aliphatic hydroxyl groups is 1. The summed E-state index contributed by atoms with van der Waals surface area (Å²) in [6.07, 6.45) is 20.3. The number of likely N-dealkylation sites (tertiary alicyclic amines) is 1. The molecule has 4 heteroatoms. The average Bonchev–Trinajstić information content (AvgIpc) is 2.94. The molecule has 4 saturated carbocycles. The third-order valence-electron chi connectivity index (χ3n) is 15.5. The second-order valence-electron chi connectivity index (χ2n) is 18.3. The summed E-state index contributed by atoms with van der Waals surface area (Å²) in [7, 11) is 0. The van der Waals surface area contributed by atoms with E-state index in [0.717, 1.165) is 13.0 Å². The van der Waals surface area contributed by atoms with Crippen LogP contribution < -0.4 is 5.32 Å². The Labute approximate surface area is 264 Å². The fourth-order valence-electron chi connectivity index (χ4n) is 12.5. The topological polar surface area (TPSA) is 35.5 Å². The van der Waals surface area contributed by atoms with Crippen LogP contribution in [0.1, 0.15) is 138 Å². The van der Waals surface area contributed by atoms with Crippen LogP contribution in [-0.2, 0) is 0 Å². The molecule has 1 heterocycles. The summed E-state index contributed by atoms with van der Waals surface area (Å²) >= 11 is 6.43. The lowest BCUT2D eigenvalue weighted by atomic mass is 9.33. The monoisotopic (exact) mass is 596 g/mol. The highest BCUT2D eigenvalue weighted by atomic mass is 32.1. The van der Waals surface area contributed by atoms with E-state index < -0.39 is 0 Å². The average molecular weight is 597 g/mol. The van der Waals surface area contributed by atoms with Crippen LogP contribution >= 0.6 is 12.2 Å². The summed E-state index contributed by atoms with van der Waals surface area (Å²) in [6.45, 7) is 22.6. The highest BCUT2D eigenvalue weighted by molar-refractivity contribution is 7.80. The Morgan fingerprint density at radius 1 is 0.905 bits per heavy atom. The van der Waals surface area contributed by atoms with Gasteiger partial charge in [-0.15, -0.1) is 0 Å². The predicted molar refractivity (Wildman–Crippen MR) is 181 cm³/mol. The van der Waals surface area contributed by atoms with Crippen molar-refractivity contribution in [2.75, 3.05) is 26.2 Å². The normalized spacial score (nSPS) is 46.3. The number of allylic oxidation sites excluding steroid dienone is 2. The lowest BCUT2D eigenvalue weighted by Gasteiger charge is -2.71. The molecule has 8 atom stereocenters. The standard InChI is InChI=1S/C38H64N2OS/c1-33(2)18-20-38(32(42)39-22-11-25-40-23-9-8-10-24-40)21-19-36(6)27(28(38)26-33)12-13-30-35(5)16-15-31(41)34(3,4)29(35)14-17-37(30,36)7/h12,28-31,41H,8-11,13-26H2,1-7H3,(H,39,42)/t28?,29?,30-,31+,35+,36-,37-,38+/m1/s1. The summed E-state index contributed by atoms with van der Waals surface area (Å²) in [5.74, 6) is 1.90. The first-order valence-corrected chi connectivity index (χ1v) is 18.5. The van der Waals surface area contributed by atoms with Crippen molar-refractivity contribution in [2.24, 2.45) is 50.2 Å². The minimum atomic E-state index is -0.154. The molecule has 2 unspecified atom stereocenters. The van der Waals surface area contributed by atoms with Crippen LogP contribution in [0.2, 0.25) is 0 Å². The van der Waals surface area contributed by atoms with Crippen molar-refractivity contribution in [2.45, 2.75) is 144 Å². The number of hydrogen-bond acceptors (Lipinski definition) is 3. The molecule has 1 aliphatic heterocycles. The van der Waals surface area contributed by atoms with Crippen LogP contribution in [0.4, 0.5) is 0 Å². The molecular formula is C38H64N2OS. The maximum absolute atomic E-state index is 11.1. The molecule has 5 aliphatic carbocycles. The molecule has 42 heavy (non-hydrogen) atoms. The second-order valence-corrected chi connectivity index (χ2v) is 18.7. The minimum Gasteiger partial charge on any atom is -0.393 e. The Bertz CT molecular complexity index is 1070. The van der Waals surface area contributed by atoms with E-state index in [4.69, 9.17) is 12.2 Å². The Kier molecular flexibility index (Phi) is 8.13. The number of aliphatic hydroxyl groups excluding tert-OH is 1. The Balaban J connectivity index is 1.27. The zero-order valence-electron chi connectivity index (χ0n) is 28.4. The number of thiocarbonyl (C=S) groups is 1. The molecule has 0 radical (unpaired) electrons. The van der Waals surface area contributed by atoms with Gasteiger partial charge in [-0.1, -0.05) is 78.8 Å². The molecular weight excluding hydrogens is 532 g/mol. The smallest absolute Gasteiger partial charge is 0.0822 e. The van der Waals surface area contributed by atoms with E-state index in [1.165, 1.54) is 108 Å². The van der Waals surface area contributed by atoms with Gasteiger partial charge >= 0.3 is 0 Å². The minimum absolute atomic E-state index is 0.0141. The molecule has 6 rings (SSSR count). The zero-order valence-corrected chi connectivity index (χ0v) is 29.2. The molecule has 0 aromatic heterocycles. The summed E-state index contributed by atoms with van der Waals surface area (Å²) in [6, 6.07) is 0. The van der Waals surface area contributed by atoms with E-state index in [0.29, 0.717) is 34.0 Å². The largest absolute Gasteiger partial charge is 0.393 e. The van der Waals surface area contributed by atoms with Gasteiger partial charge in [0.2, 0.25) is 0 Å². The number of hydrogen-bond donors (Lipinski definition) is 2. The van der Waals surface area contributed by atoms with E-state index in [1.54, 1.807) is 5.57 Å². The molecule has 5 fully saturated rings. The van der Waals surface area contributed by atoms with E-state index in [-0.39, 0.29) is 22.3 Å². The fraction of sp³-hybridized carbons (Fsp3) is 0.921. The van der Waals surface area contributed by atoms with Crippen LogP contribution in [0.15, 0.2) is 11.6 Å². The quantitative estimate of drug-likeness (QED) is 0.189. The maximum atomic E-state index is 11.1. The van der Waals surface area contributed by atoms with Crippen molar-refractivity contribution in [3.05, 3.63) is 11.6 Å². The summed E-state index contributed by atoms with van der Waals surface area (Å²) in [5.41, 5.74) is 3.21. The highest BCUT2D eigenvalue weighted by Gasteiger charge is 2.68. The van der Waals surface area contributed by atoms with Gasteiger partial charge in [-0.25, -0.2) is 0 Å². The SMILES string of the molecule is CC1(C)CC[C@]2(C(=S)NCCCN3CCCCC3)CC[C@]3(C)C(=CC[C@@H]4[C@@]5(C)CC[C@H](O)C(C)(C)C5CC[C@]43C)C2C1. The molecule has 1 saturated heterocycles. The van der Waals surface area contributed by atoms with Gasteiger partial charge in [0.25, 0.3) is 0 Å². The maximum Gasteiger partial charge on any atom is 0.0822 e. The van der Waals surface area contributed by atoms with Crippen LogP contribution in [0, 0.1) is 50.2 Å². The molecule has 3 nitrogen and oxygen atoms in total. The molecule has 2 N–H and O–H groups in total. The predicted octanol–water partition coefficient (Wildman–Crippen LogP) is 8.94. The zero-order chi connectivity index (χ0) is 30.2. The van der Waals surface area contributed by atoms with Gasteiger partial charge in [-0.05, 0) is 148 Å². The van der Waals surface area contributed by atoms with Crippen molar-refractivity contribution in [3.8, 4) is 0 Å². The number of fused-ring (bicyclic) bond motifs is 7. The van der Waals surface area contributed by atoms with Gasteiger partial charge in [-0.3, -0.25) is 0 Å². The number of nitrogens with zero attached hydrogens (tertiary/aromatic N) is 1. The van der Waals surface area contributed by atoms with E-state index >= 15 is 0 Å². The van der Waals surface area contributed by atoms with Crippen molar-refractivity contribution < 1.29 is 5.11 Å². The van der Waals surface area contributed by atoms with Gasteiger partial charge in [0.15, 0.2) is 0 Å². The first-order chi connectivity index (χ1) is 19.7. The van der Waals surface area contributed by atoms with Gasteiger partial charge in [0.1, 0.15) is 0 Å². The number of rotatable bonds is 5. The Morgan fingerprint density at radius 2 is 1.62 bits per heavy atom. The van der Waals surface area contributed by atoms with Crippen LogP contribution in [0.5, 0.6) is 0 Å². The van der Waals surface area contributed by atoms with Crippen LogP contribution in [0.25, 0.3) is 0 Å².